The van der Waals surface area contributed by atoms with E-state index in [4.69, 9.17) is 0 Å². The van der Waals surface area contributed by atoms with Crippen LogP contribution in [0.2, 0.25) is 0 Å². The normalized spacial score (nSPS) is 16.5. The third-order valence-electron chi connectivity index (χ3n) is 6.73. The first-order valence-corrected chi connectivity index (χ1v) is 12.5. The van der Waals surface area contributed by atoms with Gasteiger partial charge < -0.3 is 14.4 Å². The molecule has 0 unspecified atom stereocenters. The van der Waals surface area contributed by atoms with E-state index in [0.717, 1.165) is 60.4 Å². The van der Waals surface area contributed by atoms with Gasteiger partial charge in [-0.15, -0.1) is 11.8 Å². The highest BCUT2D eigenvalue weighted by atomic mass is 32.2. The molecule has 5 nitrogen and oxygen atoms in total. The summed E-state index contributed by atoms with van der Waals surface area (Å²) in [4.78, 5) is 30.9. The van der Waals surface area contributed by atoms with Crippen LogP contribution in [0.3, 0.4) is 0 Å². The molecule has 2 amide bonds. The number of para-hydroxylation sites is 2. The lowest BCUT2D eigenvalue weighted by atomic mass is 9.99. The second-order valence-corrected chi connectivity index (χ2v) is 9.93. The number of likely N-dealkylation sites (tertiary alicyclic amines) is 1. The summed E-state index contributed by atoms with van der Waals surface area (Å²) >= 11 is 1.57. The van der Waals surface area contributed by atoms with Gasteiger partial charge in [0.05, 0.1) is 5.75 Å². The molecule has 1 fully saturated rings. The molecule has 3 aromatic rings. The molecule has 32 heavy (non-hydrogen) atoms. The summed E-state index contributed by atoms with van der Waals surface area (Å²) in [6.45, 7) is 5.07. The Morgan fingerprint density at radius 2 is 1.72 bits per heavy atom. The number of nitrogens with zero attached hydrogens (tertiary/aromatic N) is 3. The van der Waals surface area contributed by atoms with Gasteiger partial charge in [0, 0.05) is 47.3 Å². The highest BCUT2D eigenvalue weighted by Crippen LogP contribution is 2.32. The molecule has 2 aromatic carbocycles. The fourth-order valence-corrected chi connectivity index (χ4v) is 5.74. The Balaban J connectivity index is 1.30. The van der Waals surface area contributed by atoms with E-state index < -0.39 is 0 Å². The maximum absolute atomic E-state index is 13.0. The number of piperidine rings is 1. The Hall–Kier alpha value is -2.73. The monoisotopic (exact) mass is 447 g/mol. The summed E-state index contributed by atoms with van der Waals surface area (Å²) < 4.78 is 2.05. The van der Waals surface area contributed by atoms with Crippen molar-refractivity contribution in [1.82, 2.24) is 9.47 Å². The molecule has 0 bridgehead atoms. The summed E-state index contributed by atoms with van der Waals surface area (Å²) in [5.41, 5.74) is 3.34. The molecule has 0 aliphatic carbocycles. The van der Waals surface area contributed by atoms with Gasteiger partial charge in [-0.1, -0.05) is 43.3 Å². The fourth-order valence-electron chi connectivity index (χ4n) is 4.78. The van der Waals surface area contributed by atoms with Crippen molar-refractivity contribution in [2.75, 3.05) is 30.3 Å². The summed E-state index contributed by atoms with van der Waals surface area (Å²) in [6, 6.07) is 16.3. The summed E-state index contributed by atoms with van der Waals surface area (Å²) in [5.74, 6) is 1.41. The minimum absolute atomic E-state index is 0.135. The fraction of sp³-hybridized carbons (Fsp3) is 0.385. The molecule has 2 aliphatic heterocycles. The van der Waals surface area contributed by atoms with Crippen LogP contribution >= 0.6 is 11.8 Å². The maximum Gasteiger partial charge on any atom is 0.242 e. The van der Waals surface area contributed by atoms with E-state index in [1.807, 2.05) is 50.9 Å². The average molecular weight is 448 g/mol. The van der Waals surface area contributed by atoms with E-state index in [1.165, 1.54) is 5.56 Å². The van der Waals surface area contributed by atoms with Crippen LogP contribution in [0.5, 0.6) is 0 Å². The van der Waals surface area contributed by atoms with Crippen LogP contribution < -0.4 is 4.90 Å². The van der Waals surface area contributed by atoms with E-state index in [2.05, 4.69) is 25.1 Å². The molecule has 0 radical (unpaired) electrons. The van der Waals surface area contributed by atoms with Crippen molar-refractivity contribution >= 4 is 40.2 Å². The molecule has 0 atom stereocenters. The first kappa shape index (κ1) is 21.1. The number of fused-ring (bicyclic) bond motifs is 2. The lowest BCUT2D eigenvalue weighted by Crippen LogP contribution is -2.39. The molecule has 2 aliphatic rings. The average Bonchev–Trinajstić information content (AvgIpc) is 3.40. The van der Waals surface area contributed by atoms with Crippen LogP contribution in [0.4, 0.5) is 5.69 Å². The molecule has 6 heteroatoms. The first-order valence-electron chi connectivity index (χ1n) is 11.5. The smallest absolute Gasteiger partial charge is 0.242 e. The molecule has 3 heterocycles. The predicted molar refractivity (Wildman–Crippen MR) is 130 cm³/mol. The number of thioether (sulfide) groups is 1. The summed E-state index contributed by atoms with van der Waals surface area (Å²) in [5, 5.41) is 1.10. The van der Waals surface area contributed by atoms with Crippen molar-refractivity contribution in [3.8, 4) is 0 Å². The lowest BCUT2D eigenvalue weighted by Gasteiger charge is -2.30. The predicted octanol–water partition coefficient (Wildman–Crippen LogP) is 4.58. The SMILES string of the molecule is CC1CCN(C(=O)Cn2cc(SCC(=O)N3CCc4ccccc43)c3ccccc32)CC1. The zero-order valence-corrected chi connectivity index (χ0v) is 19.3. The Labute approximate surface area is 193 Å². The Morgan fingerprint density at radius 3 is 2.56 bits per heavy atom. The molecule has 0 spiro atoms. The van der Waals surface area contributed by atoms with Crippen LogP contribution in [0.15, 0.2) is 59.6 Å². The second-order valence-electron chi connectivity index (χ2n) is 8.91. The van der Waals surface area contributed by atoms with Gasteiger partial charge >= 0.3 is 0 Å². The van der Waals surface area contributed by atoms with Crippen molar-refractivity contribution in [3.05, 3.63) is 60.3 Å². The maximum atomic E-state index is 13.0. The number of aromatic nitrogens is 1. The lowest BCUT2D eigenvalue weighted by molar-refractivity contribution is -0.133. The highest BCUT2D eigenvalue weighted by molar-refractivity contribution is 8.00. The van der Waals surface area contributed by atoms with Crippen LogP contribution in [0.1, 0.15) is 25.3 Å². The van der Waals surface area contributed by atoms with Gasteiger partial charge in [0.2, 0.25) is 11.8 Å². The van der Waals surface area contributed by atoms with Crippen molar-refractivity contribution < 1.29 is 9.59 Å². The van der Waals surface area contributed by atoms with Gasteiger partial charge in [-0.3, -0.25) is 9.59 Å². The Morgan fingerprint density at radius 1 is 0.969 bits per heavy atom. The molecule has 0 saturated carbocycles. The number of amides is 2. The van der Waals surface area contributed by atoms with Crippen LogP contribution in [-0.4, -0.2) is 46.7 Å². The standard InChI is InChI=1S/C26H29N3O2S/c1-19-10-13-27(14-11-19)25(30)17-28-16-24(21-7-3-5-9-23(21)28)32-18-26(31)29-15-12-20-6-2-4-8-22(20)29/h2-9,16,19H,10-15,17-18H2,1H3. The molecular formula is C26H29N3O2S. The number of carbonyl (C=O) groups is 2. The van der Waals surface area contributed by atoms with Crippen LogP contribution in [0.25, 0.3) is 10.9 Å². The van der Waals surface area contributed by atoms with Gasteiger partial charge in [-0.2, -0.15) is 0 Å². The second kappa shape index (κ2) is 9.02. The number of hydrogen-bond acceptors (Lipinski definition) is 3. The third-order valence-corrected chi connectivity index (χ3v) is 7.76. The van der Waals surface area contributed by atoms with Crippen molar-refractivity contribution in [1.29, 1.82) is 0 Å². The number of rotatable bonds is 5. The van der Waals surface area contributed by atoms with E-state index in [-0.39, 0.29) is 11.8 Å². The van der Waals surface area contributed by atoms with Gasteiger partial charge in [0.1, 0.15) is 6.54 Å². The summed E-state index contributed by atoms with van der Waals surface area (Å²) in [6.07, 6.45) is 5.14. The van der Waals surface area contributed by atoms with Crippen LogP contribution in [0, 0.1) is 5.92 Å². The molecule has 0 N–H and O–H groups in total. The topological polar surface area (TPSA) is 45.6 Å². The number of carbonyl (C=O) groups excluding carboxylic acids is 2. The zero-order chi connectivity index (χ0) is 22.1. The minimum Gasteiger partial charge on any atom is -0.341 e. The van der Waals surface area contributed by atoms with E-state index in [0.29, 0.717) is 18.2 Å². The minimum atomic E-state index is 0.135. The Bertz CT molecular complexity index is 1150. The molecule has 1 aromatic heterocycles. The third kappa shape index (κ3) is 4.16. The van der Waals surface area contributed by atoms with E-state index in [9.17, 15) is 9.59 Å². The first-order chi connectivity index (χ1) is 15.6. The van der Waals surface area contributed by atoms with Crippen molar-refractivity contribution in [3.63, 3.8) is 0 Å². The summed E-state index contributed by atoms with van der Waals surface area (Å²) in [7, 11) is 0. The van der Waals surface area contributed by atoms with Crippen molar-refractivity contribution in [2.24, 2.45) is 5.92 Å². The van der Waals surface area contributed by atoms with Crippen molar-refractivity contribution in [2.45, 2.75) is 37.6 Å². The highest BCUT2D eigenvalue weighted by Gasteiger charge is 2.25. The van der Waals surface area contributed by atoms with E-state index >= 15 is 0 Å². The molecule has 5 rings (SSSR count). The van der Waals surface area contributed by atoms with E-state index in [1.54, 1.807) is 11.8 Å². The zero-order valence-electron chi connectivity index (χ0n) is 18.5. The quantitative estimate of drug-likeness (QED) is 0.538. The number of benzene rings is 2. The van der Waals surface area contributed by atoms with Gasteiger partial charge in [0.15, 0.2) is 0 Å². The number of hydrogen-bond donors (Lipinski definition) is 0. The molecular weight excluding hydrogens is 418 g/mol. The molecule has 1 saturated heterocycles. The van der Waals surface area contributed by atoms with Gasteiger partial charge in [-0.05, 0) is 42.9 Å². The Kier molecular flexibility index (Phi) is 5.96. The number of anilines is 1. The van der Waals surface area contributed by atoms with Crippen LogP contribution in [-0.2, 0) is 22.6 Å². The van der Waals surface area contributed by atoms with Gasteiger partial charge in [-0.25, -0.2) is 0 Å². The molecule has 166 valence electrons. The van der Waals surface area contributed by atoms with Gasteiger partial charge in [0.25, 0.3) is 0 Å². The largest absolute Gasteiger partial charge is 0.341 e.